The molecule has 0 atom stereocenters. The van der Waals surface area contributed by atoms with Gasteiger partial charge >= 0.3 is 0 Å². The first-order chi connectivity index (χ1) is 4.86. The number of nitrogens with zero attached hydrogens (tertiary/aromatic N) is 1. The molecular formula is C7H17NO2S. The molecule has 0 amide bonds. The van der Waals surface area contributed by atoms with E-state index in [1.54, 1.807) is 13.8 Å². The van der Waals surface area contributed by atoms with Gasteiger partial charge in [0.25, 0.3) is 0 Å². The Balaban J connectivity index is 3.95. The molecule has 0 aromatic rings. The fourth-order valence-electron chi connectivity index (χ4n) is 0.546. The van der Waals surface area contributed by atoms with Crippen LogP contribution in [0.2, 0.25) is 0 Å². The summed E-state index contributed by atoms with van der Waals surface area (Å²) in [5.74, 6) is 0.262. The zero-order chi connectivity index (χ0) is 9.07. The molecule has 68 valence electrons. The lowest BCUT2D eigenvalue weighted by atomic mass is 10.6. The maximum atomic E-state index is 11.2. The van der Waals surface area contributed by atoms with E-state index in [9.17, 15) is 8.42 Å². The van der Waals surface area contributed by atoms with Crippen molar-refractivity contribution in [2.24, 2.45) is 0 Å². The van der Waals surface area contributed by atoms with Crippen LogP contribution in [0, 0.1) is 0 Å². The van der Waals surface area contributed by atoms with E-state index >= 15 is 0 Å². The van der Waals surface area contributed by atoms with Gasteiger partial charge in [-0.05, 0) is 27.9 Å². The number of hydrogen-bond donors (Lipinski definition) is 0. The van der Waals surface area contributed by atoms with Gasteiger partial charge in [-0.3, -0.25) is 0 Å². The maximum absolute atomic E-state index is 11.2. The van der Waals surface area contributed by atoms with Gasteiger partial charge < -0.3 is 4.90 Å². The zero-order valence-electron chi connectivity index (χ0n) is 7.66. The molecule has 11 heavy (non-hydrogen) atoms. The molecule has 0 aliphatic heterocycles. The smallest absolute Gasteiger partial charge is 0.153 e. The Morgan fingerprint density at radius 1 is 1.27 bits per heavy atom. The second-order valence-corrected chi connectivity index (χ2v) is 5.90. The van der Waals surface area contributed by atoms with Crippen LogP contribution < -0.4 is 0 Å². The summed E-state index contributed by atoms with van der Waals surface area (Å²) in [6, 6.07) is 0. The first kappa shape index (κ1) is 10.9. The third-order valence-corrected chi connectivity index (χ3v) is 3.73. The van der Waals surface area contributed by atoms with Crippen LogP contribution in [-0.4, -0.2) is 45.0 Å². The standard InChI is InChI=1S/C7H17NO2S/c1-7(2)11(9,10)6-5-8(3)4/h7H,5-6H2,1-4H3. The molecule has 0 radical (unpaired) electrons. The van der Waals surface area contributed by atoms with Crippen LogP contribution in [-0.2, 0) is 9.84 Å². The molecule has 0 saturated heterocycles. The van der Waals surface area contributed by atoms with Crippen molar-refractivity contribution in [3.05, 3.63) is 0 Å². The van der Waals surface area contributed by atoms with Crippen molar-refractivity contribution in [2.75, 3.05) is 26.4 Å². The zero-order valence-corrected chi connectivity index (χ0v) is 8.48. The maximum Gasteiger partial charge on any atom is 0.153 e. The van der Waals surface area contributed by atoms with E-state index in [0.29, 0.717) is 6.54 Å². The van der Waals surface area contributed by atoms with Crippen LogP contribution >= 0.6 is 0 Å². The second-order valence-electron chi connectivity index (χ2n) is 3.22. The van der Waals surface area contributed by atoms with Crippen molar-refractivity contribution >= 4 is 9.84 Å². The fraction of sp³-hybridized carbons (Fsp3) is 1.00. The summed E-state index contributed by atoms with van der Waals surface area (Å²) < 4.78 is 22.4. The summed E-state index contributed by atoms with van der Waals surface area (Å²) in [5.41, 5.74) is 0. The molecular weight excluding hydrogens is 162 g/mol. The van der Waals surface area contributed by atoms with Gasteiger partial charge in [0.1, 0.15) is 0 Å². The topological polar surface area (TPSA) is 37.4 Å². The normalized spacial score (nSPS) is 12.9. The highest BCUT2D eigenvalue weighted by Crippen LogP contribution is 1.99. The van der Waals surface area contributed by atoms with Gasteiger partial charge in [0.15, 0.2) is 9.84 Å². The quantitative estimate of drug-likeness (QED) is 0.626. The molecule has 0 aliphatic rings. The molecule has 0 aliphatic carbocycles. The van der Waals surface area contributed by atoms with Crippen LogP contribution in [0.4, 0.5) is 0 Å². The third-order valence-electron chi connectivity index (χ3n) is 1.54. The monoisotopic (exact) mass is 179 g/mol. The SMILES string of the molecule is CC(C)S(=O)(=O)CCN(C)C. The van der Waals surface area contributed by atoms with Gasteiger partial charge in [-0.25, -0.2) is 8.42 Å². The van der Waals surface area contributed by atoms with Crippen LogP contribution in [0.5, 0.6) is 0 Å². The van der Waals surface area contributed by atoms with Crippen molar-refractivity contribution < 1.29 is 8.42 Å². The summed E-state index contributed by atoms with van der Waals surface area (Å²) in [5, 5.41) is -0.248. The van der Waals surface area contributed by atoms with E-state index in [4.69, 9.17) is 0 Å². The van der Waals surface area contributed by atoms with Crippen LogP contribution in [0.1, 0.15) is 13.8 Å². The molecule has 0 rings (SSSR count). The fourth-order valence-corrected chi connectivity index (χ4v) is 1.64. The highest BCUT2D eigenvalue weighted by atomic mass is 32.2. The molecule has 0 fully saturated rings. The molecule has 0 spiro atoms. The minimum atomic E-state index is -2.83. The largest absolute Gasteiger partial charge is 0.308 e. The number of hydrogen-bond acceptors (Lipinski definition) is 3. The van der Waals surface area contributed by atoms with Crippen molar-refractivity contribution in [1.82, 2.24) is 4.90 Å². The highest BCUT2D eigenvalue weighted by Gasteiger charge is 2.15. The molecule has 0 aromatic carbocycles. The molecule has 4 heteroatoms. The summed E-state index contributed by atoms with van der Waals surface area (Å²) in [6.45, 7) is 4.04. The summed E-state index contributed by atoms with van der Waals surface area (Å²) in [6.07, 6.45) is 0. The minimum Gasteiger partial charge on any atom is -0.308 e. The third kappa shape index (κ3) is 4.37. The molecule has 0 unspecified atom stereocenters. The van der Waals surface area contributed by atoms with Crippen molar-refractivity contribution in [3.8, 4) is 0 Å². The van der Waals surface area contributed by atoms with E-state index < -0.39 is 9.84 Å². The number of sulfone groups is 1. The Labute approximate surface area is 69.3 Å². The molecule has 0 N–H and O–H groups in total. The molecule has 0 bridgehead atoms. The first-order valence-corrected chi connectivity index (χ1v) is 5.44. The summed E-state index contributed by atoms with van der Waals surface area (Å²) >= 11 is 0. The highest BCUT2D eigenvalue weighted by molar-refractivity contribution is 7.92. The Hall–Kier alpha value is -0.0900. The van der Waals surface area contributed by atoms with Crippen molar-refractivity contribution in [1.29, 1.82) is 0 Å². The Kier molecular flexibility index (Phi) is 4.03. The van der Waals surface area contributed by atoms with Gasteiger partial charge in [0, 0.05) is 6.54 Å². The van der Waals surface area contributed by atoms with E-state index in [2.05, 4.69) is 0 Å². The molecule has 3 nitrogen and oxygen atoms in total. The lowest BCUT2D eigenvalue weighted by Crippen LogP contribution is -2.26. The second kappa shape index (κ2) is 4.07. The van der Waals surface area contributed by atoms with Gasteiger partial charge in [-0.15, -0.1) is 0 Å². The Morgan fingerprint density at radius 3 is 2.00 bits per heavy atom. The average Bonchev–Trinajstić information content (AvgIpc) is 1.84. The summed E-state index contributed by atoms with van der Waals surface area (Å²) in [4.78, 5) is 1.87. The number of rotatable bonds is 4. The van der Waals surface area contributed by atoms with E-state index in [0.717, 1.165) is 0 Å². The van der Waals surface area contributed by atoms with Gasteiger partial charge in [-0.2, -0.15) is 0 Å². The average molecular weight is 179 g/mol. The van der Waals surface area contributed by atoms with Gasteiger partial charge in [0.2, 0.25) is 0 Å². The Morgan fingerprint density at radius 2 is 1.73 bits per heavy atom. The predicted molar refractivity (Wildman–Crippen MR) is 47.5 cm³/mol. The van der Waals surface area contributed by atoms with Crippen LogP contribution in [0.3, 0.4) is 0 Å². The van der Waals surface area contributed by atoms with Crippen molar-refractivity contribution in [3.63, 3.8) is 0 Å². The van der Waals surface area contributed by atoms with E-state index in [1.807, 2.05) is 19.0 Å². The molecule has 0 saturated carbocycles. The van der Waals surface area contributed by atoms with Gasteiger partial charge in [-0.1, -0.05) is 0 Å². The van der Waals surface area contributed by atoms with Gasteiger partial charge in [0.05, 0.1) is 11.0 Å². The van der Waals surface area contributed by atoms with Crippen LogP contribution in [0.15, 0.2) is 0 Å². The molecule has 0 heterocycles. The Bertz CT molecular complexity index is 194. The van der Waals surface area contributed by atoms with E-state index in [-0.39, 0.29) is 11.0 Å². The van der Waals surface area contributed by atoms with E-state index in [1.165, 1.54) is 0 Å². The molecule has 0 aromatic heterocycles. The lowest BCUT2D eigenvalue weighted by molar-refractivity contribution is 0.431. The summed E-state index contributed by atoms with van der Waals surface area (Å²) in [7, 11) is 0.907. The first-order valence-electron chi connectivity index (χ1n) is 3.72. The predicted octanol–water partition coefficient (Wildman–Crippen LogP) is 0.371. The van der Waals surface area contributed by atoms with Crippen LogP contribution in [0.25, 0.3) is 0 Å². The lowest BCUT2D eigenvalue weighted by Gasteiger charge is -2.11. The van der Waals surface area contributed by atoms with Crippen molar-refractivity contribution in [2.45, 2.75) is 19.1 Å². The minimum absolute atomic E-state index is 0.248.